The molecule has 0 unspecified atom stereocenters. The van der Waals surface area contributed by atoms with Crippen LogP contribution in [0.3, 0.4) is 0 Å². The Balaban J connectivity index is 2.40. The normalized spacial score (nSPS) is 11.2. The Kier molecular flexibility index (Phi) is 6.43. The predicted molar refractivity (Wildman–Crippen MR) is 96.8 cm³/mol. The molecule has 0 aliphatic heterocycles. The Bertz CT molecular complexity index is 777. The molecule has 0 saturated carbocycles. The van der Waals surface area contributed by atoms with Gasteiger partial charge in [0.25, 0.3) is 5.91 Å². The van der Waals surface area contributed by atoms with E-state index in [4.69, 9.17) is 14.2 Å². The summed E-state index contributed by atoms with van der Waals surface area (Å²) in [4.78, 5) is 25.1. The van der Waals surface area contributed by atoms with Crippen LogP contribution in [0.5, 0.6) is 17.2 Å². The van der Waals surface area contributed by atoms with Gasteiger partial charge in [0.05, 0.1) is 26.9 Å². The molecule has 0 aliphatic carbocycles. The number of carbonyl (C=O) groups is 2. The number of methoxy groups -OCH3 is 3. The number of amides is 2. The molecule has 0 radical (unpaired) electrons. The maximum absolute atomic E-state index is 12.8. The Morgan fingerprint density at radius 1 is 0.885 bits per heavy atom. The van der Waals surface area contributed by atoms with Crippen molar-refractivity contribution in [3.05, 3.63) is 53.6 Å². The molecule has 0 heterocycles. The molecule has 0 spiro atoms. The maximum atomic E-state index is 12.8. The summed E-state index contributed by atoms with van der Waals surface area (Å²) >= 11 is 0. The minimum Gasteiger partial charge on any atom is -0.493 e. The lowest BCUT2D eigenvalue weighted by Gasteiger charge is -2.20. The Labute approximate surface area is 152 Å². The average molecular weight is 358 g/mol. The van der Waals surface area contributed by atoms with Crippen LogP contribution in [-0.4, -0.2) is 40.2 Å². The second kappa shape index (κ2) is 8.75. The lowest BCUT2D eigenvalue weighted by Crippen LogP contribution is -2.39. The van der Waals surface area contributed by atoms with Crippen LogP contribution in [0.15, 0.2) is 42.5 Å². The van der Waals surface area contributed by atoms with E-state index in [0.717, 1.165) is 0 Å². The van der Waals surface area contributed by atoms with Crippen LogP contribution in [0.25, 0.3) is 0 Å². The fourth-order valence-corrected chi connectivity index (χ4v) is 2.58. The van der Waals surface area contributed by atoms with Crippen LogP contribution in [-0.2, 0) is 4.79 Å². The Hall–Kier alpha value is -3.22. The number of ether oxygens (including phenoxy) is 3. The highest BCUT2D eigenvalue weighted by atomic mass is 16.5. The van der Waals surface area contributed by atoms with Crippen LogP contribution in [0.2, 0.25) is 0 Å². The van der Waals surface area contributed by atoms with Gasteiger partial charge in [0.15, 0.2) is 11.5 Å². The van der Waals surface area contributed by atoms with E-state index < -0.39 is 11.9 Å². The Morgan fingerprint density at radius 2 is 1.54 bits per heavy atom. The molecule has 7 heteroatoms. The lowest BCUT2D eigenvalue weighted by atomic mass is 10.0. The monoisotopic (exact) mass is 358 g/mol. The summed E-state index contributed by atoms with van der Waals surface area (Å²) in [6, 6.07) is 11.3. The van der Waals surface area contributed by atoms with Crippen molar-refractivity contribution in [2.24, 2.45) is 0 Å². The highest BCUT2D eigenvalue weighted by Gasteiger charge is 2.26. The van der Waals surface area contributed by atoms with Gasteiger partial charge in [-0.2, -0.15) is 0 Å². The van der Waals surface area contributed by atoms with Gasteiger partial charge in [0.1, 0.15) is 6.04 Å². The van der Waals surface area contributed by atoms with Crippen molar-refractivity contribution < 1.29 is 23.8 Å². The van der Waals surface area contributed by atoms with Crippen molar-refractivity contribution >= 4 is 11.8 Å². The summed E-state index contributed by atoms with van der Waals surface area (Å²) in [5, 5.41) is 5.30. The van der Waals surface area contributed by atoms with Crippen LogP contribution in [0.4, 0.5) is 0 Å². The maximum Gasteiger partial charge on any atom is 0.256 e. The molecule has 0 bridgehead atoms. The average Bonchev–Trinajstić information content (AvgIpc) is 2.70. The zero-order valence-electron chi connectivity index (χ0n) is 15.2. The van der Waals surface area contributed by atoms with Gasteiger partial charge in [-0.05, 0) is 17.7 Å². The van der Waals surface area contributed by atoms with E-state index in [1.54, 1.807) is 36.4 Å². The zero-order valence-corrected chi connectivity index (χ0v) is 15.2. The van der Waals surface area contributed by atoms with Crippen molar-refractivity contribution in [2.45, 2.75) is 6.04 Å². The van der Waals surface area contributed by atoms with Gasteiger partial charge in [0, 0.05) is 7.05 Å². The molecule has 7 nitrogen and oxygen atoms in total. The number of likely N-dealkylation sites (N-methyl/N-ethyl adjacent to an activating group) is 1. The molecular weight excluding hydrogens is 336 g/mol. The summed E-state index contributed by atoms with van der Waals surface area (Å²) in [6.07, 6.45) is 0. The fourth-order valence-electron chi connectivity index (χ4n) is 2.58. The first-order valence-corrected chi connectivity index (χ1v) is 7.93. The highest BCUT2D eigenvalue weighted by Crippen LogP contribution is 2.39. The highest BCUT2D eigenvalue weighted by molar-refractivity contribution is 6.01. The van der Waals surface area contributed by atoms with E-state index >= 15 is 0 Å². The second-order valence-electron chi connectivity index (χ2n) is 5.31. The predicted octanol–water partition coefficient (Wildman–Crippen LogP) is 1.93. The molecule has 0 saturated heterocycles. The third-order valence-corrected chi connectivity index (χ3v) is 3.87. The zero-order chi connectivity index (χ0) is 19.1. The second-order valence-corrected chi connectivity index (χ2v) is 5.31. The minimum absolute atomic E-state index is 0.230. The van der Waals surface area contributed by atoms with Crippen molar-refractivity contribution in [2.75, 3.05) is 28.4 Å². The molecule has 2 N–H and O–H groups in total. The van der Waals surface area contributed by atoms with Crippen LogP contribution >= 0.6 is 0 Å². The van der Waals surface area contributed by atoms with E-state index in [1.807, 2.05) is 6.07 Å². The van der Waals surface area contributed by atoms with Crippen molar-refractivity contribution in [3.63, 3.8) is 0 Å². The number of rotatable bonds is 7. The molecular formula is C19H22N2O5. The quantitative estimate of drug-likeness (QED) is 0.790. The molecule has 2 aromatic carbocycles. The third-order valence-electron chi connectivity index (χ3n) is 3.87. The standard InChI is InChI=1S/C19H22N2O5/c1-20-19(23)15(12-8-6-5-7-9-12)21-18(22)13-10-11-14(24-2)17(26-4)16(13)25-3/h5-11,15H,1-4H3,(H,20,23)(H,21,22)/t15-/m1/s1. The number of benzene rings is 2. The first-order chi connectivity index (χ1) is 12.6. The molecule has 2 aromatic rings. The molecule has 0 aliphatic rings. The molecule has 1 atom stereocenters. The van der Waals surface area contributed by atoms with Crippen LogP contribution < -0.4 is 24.8 Å². The summed E-state index contributed by atoms with van der Waals surface area (Å²) in [6.45, 7) is 0. The smallest absolute Gasteiger partial charge is 0.256 e. The lowest BCUT2D eigenvalue weighted by molar-refractivity contribution is -0.122. The van der Waals surface area contributed by atoms with E-state index in [2.05, 4.69) is 10.6 Å². The van der Waals surface area contributed by atoms with Gasteiger partial charge < -0.3 is 24.8 Å². The summed E-state index contributed by atoms with van der Waals surface area (Å²) in [5.41, 5.74) is 0.898. The van der Waals surface area contributed by atoms with Gasteiger partial charge >= 0.3 is 0 Å². The minimum atomic E-state index is -0.841. The number of carbonyl (C=O) groups excluding carboxylic acids is 2. The summed E-state index contributed by atoms with van der Waals surface area (Å²) in [7, 11) is 5.90. The van der Waals surface area contributed by atoms with E-state index in [0.29, 0.717) is 17.1 Å². The van der Waals surface area contributed by atoms with Gasteiger partial charge in [-0.1, -0.05) is 30.3 Å². The van der Waals surface area contributed by atoms with Crippen LogP contribution in [0, 0.1) is 0 Å². The molecule has 2 amide bonds. The van der Waals surface area contributed by atoms with E-state index in [1.165, 1.54) is 28.4 Å². The van der Waals surface area contributed by atoms with Crippen molar-refractivity contribution in [1.82, 2.24) is 10.6 Å². The van der Waals surface area contributed by atoms with Crippen LogP contribution in [0.1, 0.15) is 22.0 Å². The molecule has 0 fully saturated rings. The van der Waals surface area contributed by atoms with Gasteiger partial charge in [-0.25, -0.2) is 0 Å². The largest absolute Gasteiger partial charge is 0.493 e. The first-order valence-electron chi connectivity index (χ1n) is 7.93. The third kappa shape index (κ3) is 3.88. The van der Waals surface area contributed by atoms with E-state index in [-0.39, 0.29) is 17.2 Å². The number of hydrogen-bond acceptors (Lipinski definition) is 5. The number of hydrogen-bond donors (Lipinski definition) is 2. The molecule has 0 aromatic heterocycles. The fraction of sp³-hybridized carbons (Fsp3) is 0.263. The van der Waals surface area contributed by atoms with Gasteiger partial charge in [0.2, 0.25) is 11.7 Å². The van der Waals surface area contributed by atoms with Gasteiger partial charge in [-0.3, -0.25) is 9.59 Å². The molecule has 138 valence electrons. The van der Waals surface area contributed by atoms with Crippen molar-refractivity contribution in [1.29, 1.82) is 0 Å². The number of nitrogens with one attached hydrogen (secondary N) is 2. The first kappa shape index (κ1) is 19.1. The molecule has 2 rings (SSSR count). The SMILES string of the molecule is CNC(=O)[C@H](NC(=O)c1ccc(OC)c(OC)c1OC)c1ccccc1. The summed E-state index contributed by atoms with van der Waals surface area (Å²) in [5.74, 6) is 0.169. The topological polar surface area (TPSA) is 85.9 Å². The summed E-state index contributed by atoms with van der Waals surface area (Å²) < 4.78 is 15.9. The van der Waals surface area contributed by atoms with Crippen molar-refractivity contribution in [3.8, 4) is 17.2 Å². The van der Waals surface area contributed by atoms with E-state index in [9.17, 15) is 9.59 Å². The van der Waals surface area contributed by atoms with Gasteiger partial charge in [-0.15, -0.1) is 0 Å². The Morgan fingerprint density at radius 3 is 2.08 bits per heavy atom. The molecule has 26 heavy (non-hydrogen) atoms.